The van der Waals surface area contributed by atoms with Gasteiger partial charge in [-0.3, -0.25) is 4.79 Å². The van der Waals surface area contributed by atoms with E-state index in [1.165, 1.54) is 39.4 Å². The number of sulfonamides is 1. The second-order valence-electron chi connectivity index (χ2n) is 5.75. The first kappa shape index (κ1) is 20.5. The standard InChI is InChI=1S/C19H22N2O5S/c1-21(2)27(23,24)16-7-5-6-15(13-16)20-19(22)11-9-14-8-10-17(25-3)18(12-14)26-4/h5-13H,1-4H3,(H,20,22)/b11-9+. The summed E-state index contributed by atoms with van der Waals surface area (Å²) in [6, 6.07) is 11.4. The molecular formula is C19H22N2O5S. The molecule has 1 amide bonds. The van der Waals surface area contributed by atoms with Gasteiger partial charge in [0.15, 0.2) is 11.5 Å². The molecule has 2 rings (SSSR count). The molecule has 0 saturated carbocycles. The van der Waals surface area contributed by atoms with E-state index in [1.807, 2.05) is 0 Å². The Kier molecular flexibility index (Phi) is 6.59. The van der Waals surface area contributed by atoms with Gasteiger partial charge in [0, 0.05) is 25.9 Å². The molecule has 0 aliphatic heterocycles. The Morgan fingerprint density at radius 3 is 2.37 bits per heavy atom. The SMILES string of the molecule is COc1ccc(/C=C/C(=O)Nc2cccc(S(=O)(=O)N(C)C)c2)cc1OC. The van der Waals surface area contributed by atoms with Crippen LogP contribution in [0.5, 0.6) is 11.5 Å². The molecule has 8 heteroatoms. The molecule has 0 heterocycles. The summed E-state index contributed by atoms with van der Waals surface area (Å²) in [6.07, 6.45) is 2.98. The molecule has 1 N–H and O–H groups in total. The topological polar surface area (TPSA) is 84.9 Å². The molecule has 0 radical (unpaired) electrons. The molecule has 0 aromatic heterocycles. The largest absolute Gasteiger partial charge is 0.493 e. The number of rotatable bonds is 7. The summed E-state index contributed by atoms with van der Waals surface area (Å²) in [5.41, 5.74) is 1.15. The number of hydrogen-bond donors (Lipinski definition) is 1. The molecule has 0 unspecified atom stereocenters. The molecule has 0 fully saturated rings. The van der Waals surface area contributed by atoms with Crippen molar-refractivity contribution >= 4 is 27.7 Å². The van der Waals surface area contributed by atoms with Crippen molar-refractivity contribution in [2.24, 2.45) is 0 Å². The van der Waals surface area contributed by atoms with Crippen molar-refractivity contribution in [1.29, 1.82) is 0 Å². The highest BCUT2D eigenvalue weighted by Crippen LogP contribution is 2.28. The molecule has 0 spiro atoms. The van der Waals surface area contributed by atoms with Crippen LogP contribution in [-0.4, -0.2) is 46.9 Å². The predicted octanol–water partition coefficient (Wildman–Crippen LogP) is 2.61. The number of methoxy groups -OCH3 is 2. The molecule has 2 aromatic rings. The number of nitrogens with one attached hydrogen (secondary N) is 1. The summed E-state index contributed by atoms with van der Waals surface area (Å²) >= 11 is 0. The fourth-order valence-corrected chi connectivity index (χ4v) is 3.21. The van der Waals surface area contributed by atoms with Gasteiger partial charge in [-0.2, -0.15) is 0 Å². The Morgan fingerprint density at radius 2 is 1.74 bits per heavy atom. The highest BCUT2D eigenvalue weighted by atomic mass is 32.2. The zero-order valence-corrected chi connectivity index (χ0v) is 16.4. The maximum absolute atomic E-state index is 12.2. The third kappa shape index (κ3) is 5.08. The maximum atomic E-state index is 12.2. The molecule has 0 atom stereocenters. The number of anilines is 1. The Hall–Kier alpha value is -2.84. The average Bonchev–Trinajstić information content (AvgIpc) is 2.66. The van der Waals surface area contributed by atoms with E-state index in [1.54, 1.807) is 43.5 Å². The van der Waals surface area contributed by atoms with E-state index in [2.05, 4.69) is 5.32 Å². The van der Waals surface area contributed by atoms with Gasteiger partial charge in [0.25, 0.3) is 0 Å². The van der Waals surface area contributed by atoms with Gasteiger partial charge in [-0.05, 0) is 42.0 Å². The van der Waals surface area contributed by atoms with Crippen molar-refractivity contribution in [1.82, 2.24) is 4.31 Å². The monoisotopic (exact) mass is 390 g/mol. The van der Waals surface area contributed by atoms with Crippen LogP contribution in [0.25, 0.3) is 6.08 Å². The summed E-state index contributed by atoms with van der Waals surface area (Å²) in [4.78, 5) is 12.3. The minimum absolute atomic E-state index is 0.106. The van der Waals surface area contributed by atoms with Gasteiger partial charge in [0.1, 0.15) is 0 Å². The van der Waals surface area contributed by atoms with Crippen molar-refractivity contribution < 1.29 is 22.7 Å². The predicted molar refractivity (Wildman–Crippen MR) is 105 cm³/mol. The molecule has 7 nitrogen and oxygen atoms in total. The van der Waals surface area contributed by atoms with Crippen LogP contribution in [0.4, 0.5) is 5.69 Å². The lowest BCUT2D eigenvalue weighted by Crippen LogP contribution is -2.22. The second kappa shape index (κ2) is 8.70. The Labute approximate surface area is 159 Å². The average molecular weight is 390 g/mol. The first-order valence-electron chi connectivity index (χ1n) is 8.01. The lowest BCUT2D eigenvalue weighted by atomic mass is 10.2. The van der Waals surface area contributed by atoms with E-state index in [0.29, 0.717) is 17.2 Å². The van der Waals surface area contributed by atoms with Crippen LogP contribution in [0.3, 0.4) is 0 Å². The zero-order chi connectivity index (χ0) is 20.0. The van der Waals surface area contributed by atoms with Crippen molar-refractivity contribution in [3.05, 3.63) is 54.1 Å². The number of ether oxygens (including phenoxy) is 2. The first-order valence-corrected chi connectivity index (χ1v) is 9.45. The molecule has 0 saturated heterocycles. The molecule has 2 aromatic carbocycles. The van der Waals surface area contributed by atoms with Gasteiger partial charge in [0.2, 0.25) is 15.9 Å². The first-order chi connectivity index (χ1) is 12.8. The van der Waals surface area contributed by atoms with Gasteiger partial charge in [-0.15, -0.1) is 0 Å². The van der Waals surface area contributed by atoms with E-state index in [9.17, 15) is 13.2 Å². The van der Waals surface area contributed by atoms with Crippen LogP contribution in [-0.2, 0) is 14.8 Å². The van der Waals surface area contributed by atoms with Crippen LogP contribution < -0.4 is 14.8 Å². The Balaban J connectivity index is 2.13. The molecule has 144 valence electrons. The normalized spacial score (nSPS) is 11.6. The van der Waals surface area contributed by atoms with Crippen molar-refractivity contribution in [3.8, 4) is 11.5 Å². The number of hydrogen-bond acceptors (Lipinski definition) is 5. The number of carbonyl (C=O) groups is 1. The summed E-state index contributed by atoms with van der Waals surface area (Å²) in [5.74, 6) is 0.767. The quantitative estimate of drug-likeness (QED) is 0.735. The number of nitrogens with zero attached hydrogens (tertiary/aromatic N) is 1. The summed E-state index contributed by atoms with van der Waals surface area (Å²) < 4.78 is 35.9. The highest BCUT2D eigenvalue weighted by Gasteiger charge is 2.17. The smallest absolute Gasteiger partial charge is 0.248 e. The number of carbonyl (C=O) groups excluding carboxylic acids is 1. The molecule has 27 heavy (non-hydrogen) atoms. The van der Waals surface area contributed by atoms with Crippen LogP contribution in [0, 0.1) is 0 Å². The van der Waals surface area contributed by atoms with E-state index < -0.39 is 10.0 Å². The van der Waals surface area contributed by atoms with Crippen molar-refractivity contribution in [2.45, 2.75) is 4.90 Å². The van der Waals surface area contributed by atoms with E-state index in [4.69, 9.17) is 9.47 Å². The van der Waals surface area contributed by atoms with E-state index >= 15 is 0 Å². The van der Waals surface area contributed by atoms with E-state index in [0.717, 1.165) is 9.87 Å². The fourth-order valence-electron chi connectivity index (χ4n) is 2.26. The maximum Gasteiger partial charge on any atom is 0.248 e. The third-order valence-corrected chi connectivity index (χ3v) is 5.53. The van der Waals surface area contributed by atoms with Crippen LogP contribution in [0.1, 0.15) is 5.56 Å². The van der Waals surface area contributed by atoms with Gasteiger partial charge < -0.3 is 14.8 Å². The van der Waals surface area contributed by atoms with Crippen LogP contribution in [0.2, 0.25) is 0 Å². The van der Waals surface area contributed by atoms with E-state index in [-0.39, 0.29) is 10.8 Å². The van der Waals surface area contributed by atoms with Gasteiger partial charge in [-0.25, -0.2) is 12.7 Å². The van der Waals surface area contributed by atoms with Crippen molar-refractivity contribution in [3.63, 3.8) is 0 Å². The summed E-state index contributed by atoms with van der Waals surface area (Å²) in [6.45, 7) is 0. The Bertz CT molecular complexity index is 952. The highest BCUT2D eigenvalue weighted by molar-refractivity contribution is 7.89. The molecular weight excluding hydrogens is 368 g/mol. The van der Waals surface area contributed by atoms with Crippen LogP contribution in [0.15, 0.2) is 53.4 Å². The second-order valence-corrected chi connectivity index (χ2v) is 7.90. The lowest BCUT2D eigenvalue weighted by molar-refractivity contribution is -0.111. The van der Waals surface area contributed by atoms with Gasteiger partial charge >= 0.3 is 0 Å². The minimum atomic E-state index is -3.57. The minimum Gasteiger partial charge on any atom is -0.493 e. The Morgan fingerprint density at radius 1 is 1.04 bits per heavy atom. The van der Waals surface area contributed by atoms with Crippen molar-refractivity contribution in [2.75, 3.05) is 33.6 Å². The van der Waals surface area contributed by atoms with Gasteiger partial charge in [0.05, 0.1) is 19.1 Å². The summed E-state index contributed by atoms with van der Waals surface area (Å²) in [5, 5.41) is 2.65. The molecule has 0 aliphatic carbocycles. The lowest BCUT2D eigenvalue weighted by Gasteiger charge is -2.12. The number of amides is 1. The zero-order valence-electron chi connectivity index (χ0n) is 15.6. The summed E-state index contributed by atoms with van der Waals surface area (Å²) in [7, 11) is 2.42. The fraction of sp³-hybridized carbons (Fsp3) is 0.211. The third-order valence-electron chi connectivity index (χ3n) is 3.71. The number of benzene rings is 2. The van der Waals surface area contributed by atoms with Crippen LogP contribution >= 0.6 is 0 Å². The molecule has 0 bridgehead atoms. The molecule has 0 aliphatic rings. The van der Waals surface area contributed by atoms with Gasteiger partial charge in [-0.1, -0.05) is 12.1 Å².